The molecule has 0 aromatic heterocycles. The molecule has 0 heterocycles. The van der Waals surface area contributed by atoms with E-state index >= 15 is 0 Å². The zero-order valence-electron chi connectivity index (χ0n) is 28.9. The summed E-state index contributed by atoms with van der Waals surface area (Å²) in [5, 5.41) is 0. The molecule has 0 N–H and O–H groups in total. The van der Waals surface area contributed by atoms with Gasteiger partial charge in [-0.2, -0.15) is 0 Å². The van der Waals surface area contributed by atoms with E-state index in [2.05, 4.69) is 132 Å². The van der Waals surface area contributed by atoms with Crippen LogP contribution >= 0.6 is 0 Å². The minimum Gasteiger partial charge on any atom is -0.0776 e. The van der Waals surface area contributed by atoms with Gasteiger partial charge in [0.15, 0.2) is 0 Å². The van der Waals surface area contributed by atoms with E-state index in [-0.39, 0.29) is 7.43 Å². The molecule has 0 aliphatic heterocycles. The summed E-state index contributed by atoms with van der Waals surface area (Å²) < 4.78 is 0. The Hall–Kier alpha value is 0. The zero-order valence-corrected chi connectivity index (χ0v) is 28.9. The van der Waals surface area contributed by atoms with Gasteiger partial charge in [0.05, 0.1) is 0 Å². The third-order valence-corrected chi connectivity index (χ3v) is 2.84. The van der Waals surface area contributed by atoms with E-state index in [1.807, 2.05) is 13.8 Å². The van der Waals surface area contributed by atoms with Crippen molar-refractivity contribution in [3.8, 4) is 0 Å². The third-order valence-electron chi connectivity index (χ3n) is 2.84. The van der Waals surface area contributed by atoms with Crippen molar-refractivity contribution in [2.75, 3.05) is 0 Å². The molecular formula is C34H86. The van der Waals surface area contributed by atoms with Crippen molar-refractivity contribution in [3.63, 3.8) is 0 Å². The lowest BCUT2D eigenvalue weighted by atomic mass is 10.0. The van der Waals surface area contributed by atoms with Crippen molar-refractivity contribution in [1.29, 1.82) is 0 Å². The number of rotatable bonds is 5. The van der Waals surface area contributed by atoms with Crippen LogP contribution in [-0.2, 0) is 0 Å². The van der Waals surface area contributed by atoms with Gasteiger partial charge in [-0.25, -0.2) is 0 Å². The predicted molar refractivity (Wildman–Crippen MR) is 176 cm³/mol. The maximum absolute atomic E-state index is 2.22. The molecule has 0 aromatic carbocycles. The van der Waals surface area contributed by atoms with Crippen molar-refractivity contribution in [1.82, 2.24) is 0 Å². The van der Waals surface area contributed by atoms with Gasteiger partial charge in [0.25, 0.3) is 0 Å². The van der Waals surface area contributed by atoms with Crippen LogP contribution in [0.2, 0.25) is 0 Å². The molecule has 0 spiro atoms. The van der Waals surface area contributed by atoms with Gasteiger partial charge in [-0.05, 0) is 23.2 Å². The quantitative estimate of drug-likeness (QED) is 0.356. The highest BCUT2D eigenvalue weighted by atomic mass is 14.0. The summed E-state index contributed by atoms with van der Waals surface area (Å²) in [6.07, 6.45) is 10.6. The molecule has 0 aromatic rings. The van der Waals surface area contributed by atoms with E-state index in [4.69, 9.17) is 0 Å². The fourth-order valence-electron chi connectivity index (χ4n) is 0.354. The molecule has 0 amide bonds. The molecule has 0 unspecified atom stereocenters. The van der Waals surface area contributed by atoms with E-state index in [1.165, 1.54) is 51.4 Å². The van der Waals surface area contributed by atoms with E-state index < -0.39 is 0 Å². The number of unbranched alkanes of at least 4 members (excludes halogenated alkanes) is 3. The maximum Gasteiger partial charge on any atom is -0.0411 e. The fraction of sp³-hybridized carbons (Fsp3) is 1.00. The molecule has 0 nitrogen and oxygen atoms in total. The molecule has 0 aliphatic carbocycles. The topological polar surface area (TPSA) is 0 Å². The van der Waals surface area contributed by atoms with E-state index in [9.17, 15) is 0 Å². The van der Waals surface area contributed by atoms with Gasteiger partial charge >= 0.3 is 0 Å². The summed E-state index contributed by atoms with van der Waals surface area (Å²) in [6, 6.07) is 0. The second-order valence-corrected chi connectivity index (χ2v) is 11.4. The minimum absolute atomic E-state index is 0. The first-order valence-electron chi connectivity index (χ1n) is 15.0. The van der Waals surface area contributed by atoms with Crippen LogP contribution in [0.25, 0.3) is 0 Å². The molecule has 0 heteroatoms. The van der Waals surface area contributed by atoms with E-state index in [0.29, 0.717) is 5.41 Å². The van der Waals surface area contributed by atoms with Crippen LogP contribution in [0.1, 0.15) is 204 Å². The predicted octanol–water partition coefficient (Wildman–Crippen LogP) is 14.9. The molecular weight excluding hydrogens is 408 g/mol. The second-order valence-electron chi connectivity index (χ2n) is 11.4. The molecule has 0 bridgehead atoms. The van der Waals surface area contributed by atoms with Crippen LogP contribution < -0.4 is 0 Å². The molecule has 0 radical (unpaired) electrons. The average molecular weight is 495 g/mol. The molecule has 0 saturated heterocycles. The van der Waals surface area contributed by atoms with Crippen LogP contribution in [-0.4, -0.2) is 0 Å². The van der Waals surface area contributed by atoms with Gasteiger partial charge in [0.2, 0.25) is 0 Å². The Bertz CT molecular complexity index is 172. The molecule has 0 fully saturated rings. The molecule has 34 heavy (non-hydrogen) atoms. The molecule has 0 atom stereocenters. The van der Waals surface area contributed by atoms with Crippen LogP contribution in [0.3, 0.4) is 0 Å². The van der Waals surface area contributed by atoms with Gasteiger partial charge < -0.3 is 0 Å². The van der Waals surface area contributed by atoms with Crippen LogP contribution in [0.4, 0.5) is 0 Å². The lowest BCUT2D eigenvalue weighted by Gasteiger charge is -2.05. The van der Waals surface area contributed by atoms with Gasteiger partial charge in [-0.15, -0.1) is 0 Å². The molecule has 0 rings (SSSR count). The summed E-state index contributed by atoms with van der Waals surface area (Å²) in [7, 11) is 0. The van der Waals surface area contributed by atoms with Gasteiger partial charge in [0, 0.05) is 0 Å². The number of hydrogen-bond donors (Lipinski definition) is 0. The molecule has 222 valence electrons. The summed E-state index contributed by atoms with van der Waals surface area (Å²) in [6.45, 7) is 45.6. The highest BCUT2D eigenvalue weighted by Crippen LogP contribution is 2.08. The fourth-order valence-corrected chi connectivity index (χ4v) is 0.354. The summed E-state index contributed by atoms with van der Waals surface area (Å²) in [4.78, 5) is 0. The van der Waals surface area contributed by atoms with Crippen molar-refractivity contribution in [2.24, 2.45) is 23.2 Å². The molecule has 0 aliphatic rings. The van der Waals surface area contributed by atoms with Gasteiger partial charge in [0.1, 0.15) is 0 Å². The first kappa shape index (κ1) is 59.2. The summed E-state index contributed by atoms with van der Waals surface area (Å²) in [5.41, 5.74) is 0.500. The standard InChI is InChI=1S/4C5H12.2C4H10.C3H8.C2H6.CH4/c1-5(2,3)4;2*1-4-5(2)3;1-3-5-4-2;1-4(2)3;1-3-4-2;1-3-2;1-2;/h1-4H3;2*5H,4H2,1-3H3;3-5H2,1-2H3;4H,1-3H3;3-4H2,1-2H3;3H2,1-2H3;1-2H3;1H4. The SMILES string of the molecule is C.CC.CC(C)(C)C.CC(C)C.CCC.CCC(C)C.CCC(C)C.CCCC.CCCCC. The third kappa shape index (κ3) is 628. The Morgan fingerprint density at radius 1 is 0.471 bits per heavy atom. The van der Waals surface area contributed by atoms with Gasteiger partial charge in [-0.3, -0.25) is 0 Å². The average Bonchev–Trinajstić information content (AvgIpc) is 2.70. The normalized spacial score (nSPS) is 8.47. The largest absolute Gasteiger partial charge is 0.0776 e. The lowest BCUT2D eigenvalue weighted by Crippen LogP contribution is -1.93. The first-order valence-corrected chi connectivity index (χ1v) is 15.0. The van der Waals surface area contributed by atoms with Crippen LogP contribution in [0, 0.1) is 23.2 Å². The van der Waals surface area contributed by atoms with E-state index in [1.54, 1.807) is 0 Å². The summed E-state index contributed by atoms with van der Waals surface area (Å²) >= 11 is 0. The smallest absolute Gasteiger partial charge is 0.0411 e. The van der Waals surface area contributed by atoms with Gasteiger partial charge in [-0.1, -0.05) is 204 Å². The highest BCUT2D eigenvalue weighted by Gasteiger charge is 1.95. The lowest BCUT2D eigenvalue weighted by molar-refractivity contribution is 0.469. The Balaban J connectivity index is -0.0000000303. The highest BCUT2D eigenvalue weighted by molar-refractivity contribution is 4.47. The number of hydrogen-bond acceptors (Lipinski definition) is 0. The zero-order chi connectivity index (χ0) is 28.9. The van der Waals surface area contributed by atoms with Crippen molar-refractivity contribution >= 4 is 0 Å². The van der Waals surface area contributed by atoms with Crippen molar-refractivity contribution in [3.05, 3.63) is 0 Å². The maximum atomic E-state index is 2.22. The Kier molecular flexibility index (Phi) is 111. The van der Waals surface area contributed by atoms with Crippen LogP contribution in [0.15, 0.2) is 0 Å². The van der Waals surface area contributed by atoms with Crippen molar-refractivity contribution < 1.29 is 0 Å². The van der Waals surface area contributed by atoms with Crippen LogP contribution in [0.5, 0.6) is 0 Å². The van der Waals surface area contributed by atoms with Crippen molar-refractivity contribution in [2.45, 2.75) is 204 Å². The summed E-state index contributed by atoms with van der Waals surface area (Å²) in [5.74, 6) is 2.60. The monoisotopic (exact) mass is 495 g/mol. The molecule has 0 saturated carbocycles. The Labute approximate surface area is 227 Å². The Morgan fingerprint density at radius 3 is 0.588 bits per heavy atom. The Morgan fingerprint density at radius 2 is 0.588 bits per heavy atom. The second kappa shape index (κ2) is 63.9. The minimum atomic E-state index is 0. The van der Waals surface area contributed by atoms with E-state index in [0.717, 1.165) is 17.8 Å². The first-order chi connectivity index (χ1) is 15.0.